The molecule has 0 aliphatic heterocycles. The van der Waals surface area contributed by atoms with E-state index < -0.39 is 0 Å². The molecule has 9 heavy (non-hydrogen) atoms. The number of carbonyl (C=O) groups is 1. The molecule has 54 valence electrons. The van der Waals surface area contributed by atoms with E-state index in [0.29, 0.717) is 0 Å². The fourth-order valence-corrected chi connectivity index (χ4v) is 0.627. The maximum absolute atomic E-state index is 10.5. The molecular weight excluding hydrogens is 114 g/mol. The van der Waals surface area contributed by atoms with Crippen LogP contribution in [0.5, 0.6) is 0 Å². The van der Waals surface area contributed by atoms with Crippen molar-refractivity contribution >= 4 is 5.78 Å². The molecule has 0 saturated heterocycles. The van der Waals surface area contributed by atoms with Crippen LogP contribution in [0.15, 0.2) is 0 Å². The molecule has 0 bridgehead atoms. The summed E-state index contributed by atoms with van der Waals surface area (Å²) >= 11 is 0. The summed E-state index contributed by atoms with van der Waals surface area (Å²) in [4.78, 5) is 10.5. The predicted molar refractivity (Wildman–Crippen MR) is 38.2 cm³/mol. The van der Waals surface area contributed by atoms with E-state index in [0.717, 1.165) is 19.3 Å². The van der Waals surface area contributed by atoms with Gasteiger partial charge in [-0.05, 0) is 13.3 Å². The first-order chi connectivity index (χ1) is 4.18. The second-order valence-corrected chi connectivity index (χ2v) is 2.36. The van der Waals surface area contributed by atoms with Crippen LogP contribution in [-0.2, 0) is 4.79 Å². The molecule has 0 aliphatic rings. The summed E-state index contributed by atoms with van der Waals surface area (Å²) in [6.45, 7) is 3.63. The molecule has 0 rings (SSSR count). The van der Waals surface area contributed by atoms with E-state index in [9.17, 15) is 4.79 Å². The van der Waals surface area contributed by atoms with Crippen LogP contribution in [0.25, 0.3) is 0 Å². The van der Waals surface area contributed by atoms with Crippen molar-refractivity contribution in [3.05, 3.63) is 0 Å². The van der Waals surface area contributed by atoms with Crippen LogP contribution in [0.2, 0.25) is 0 Å². The van der Waals surface area contributed by atoms with Gasteiger partial charge in [-0.1, -0.05) is 19.8 Å². The number of rotatable bonds is 4. The molecule has 0 aromatic rings. The highest BCUT2D eigenvalue weighted by molar-refractivity contribution is 5.80. The van der Waals surface area contributed by atoms with Gasteiger partial charge in [0, 0.05) is 0 Å². The fourth-order valence-electron chi connectivity index (χ4n) is 0.627. The lowest BCUT2D eigenvalue weighted by molar-refractivity contribution is -0.118. The van der Waals surface area contributed by atoms with Gasteiger partial charge in [0.1, 0.15) is 5.78 Å². The Morgan fingerprint density at radius 1 is 1.67 bits per heavy atom. The standard InChI is InChI=1S/C7H15NO/c1-3-4-5-7(8)6(2)9/h7H,3-5,8H2,1-2H3/t7-/m1/s1. The summed E-state index contributed by atoms with van der Waals surface area (Å²) < 4.78 is 0. The molecule has 2 N–H and O–H groups in total. The quantitative estimate of drug-likeness (QED) is 0.617. The number of carbonyl (C=O) groups excluding carboxylic acids is 1. The summed E-state index contributed by atoms with van der Waals surface area (Å²) in [7, 11) is 0. The molecule has 0 aromatic carbocycles. The monoisotopic (exact) mass is 129 g/mol. The average Bonchev–Trinajstić information content (AvgIpc) is 1.82. The number of ketones is 1. The van der Waals surface area contributed by atoms with Gasteiger partial charge in [-0.2, -0.15) is 0 Å². The summed E-state index contributed by atoms with van der Waals surface area (Å²) in [6, 6.07) is -0.218. The third kappa shape index (κ3) is 4.15. The second-order valence-electron chi connectivity index (χ2n) is 2.36. The first kappa shape index (κ1) is 8.63. The maximum atomic E-state index is 10.5. The molecule has 0 aromatic heterocycles. The smallest absolute Gasteiger partial charge is 0.146 e. The Hall–Kier alpha value is -0.370. The van der Waals surface area contributed by atoms with E-state index in [-0.39, 0.29) is 11.8 Å². The highest BCUT2D eigenvalue weighted by Crippen LogP contribution is 1.97. The molecule has 0 saturated carbocycles. The molecule has 0 radical (unpaired) electrons. The highest BCUT2D eigenvalue weighted by atomic mass is 16.1. The lowest BCUT2D eigenvalue weighted by atomic mass is 10.1. The molecule has 0 aliphatic carbocycles. The van der Waals surface area contributed by atoms with Crippen LogP contribution in [0.1, 0.15) is 33.1 Å². The molecule has 1 atom stereocenters. The molecule has 2 heteroatoms. The first-order valence-corrected chi connectivity index (χ1v) is 3.44. The first-order valence-electron chi connectivity index (χ1n) is 3.44. The summed E-state index contributed by atoms with van der Waals surface area (Å²) in [5, 5.41) is 0. The third-order valence-electron chi connectivity index (χ3n) is 1.39. The molecule has 0 spiro atoms. The average molecular weight is 129 g/mol. The maximum Gasteiger partial charge on any atom is 0.146 e. The van der Waals surface area contributed by atoms with Gasteiger partial charge in [-0.25, -0.2) is 0 Å². The predicted octanol–water partition coefficient (Wildman–Crippen LogP) is 1.09. The summed E-state index contributed by atoms with van der Waals surface area (Å²) in [6.07, 6.45) is 3.01. The van der Waals surface area contributed by atoms with Crippen LogP contribution in [0.4, 0.5) is 0 Å². The van der Waals surface area contributed by atoms with Crippen molar-refractivity contribution in [3.63, 3.8) is 0 Å². The zero-order valence-corrected chi connectivity index (χ0v) is 6.18. The largest absolute Gasteiger partial charge is 0.322 e. The topological polar surface area (TPSA) is 43.1 Å². The van der Waals surface area contributed by atoms with E-state index >= 15 is 0 Å². The van der Waals surface area contributed by atoms with Gasteiger partial charge in [0.2, 0.25) is 0 Å². The number of Topliss-reactive ketones (excluding diaryl/α,β-unsaturated/α-hetero) is 1. The van der Waals surface area contributed by atoms with Crippen LogP contribution in [0.3, 0.4) is 0 Å². The summed E-state index contributed by atoms with van der Waals surface area (Å²) in [5.41, 5.74) is 5.45. The van der Waals surface area contributed by atoms with Crippen molar-refractivity contribution in [1.82, 2.24) is 0 Å². The minimum absolute atomic E-state index is 0.100. The number of hydrogen-bond acceptors (Lipinski definition) is 2. The van der Waals surface area contributed by atoms with E-state index in [4.69, 9.17) is 5.73 Å². The second kappa shape index (κ2) is 4.50. The van der Waals surface area contributed by atoms with E-state index in [1.54, 1.807) is 6.92 Å². The van der Waals surface area contributed by atoms with Gasteiger partial charge in [-0.3, -0.25) is 4.79 Å². The van der Waals surface area contributed by atoms with E-state index in [1.807, 2.05) is 0 Å². The molecule has 0 fully saturated rings. The SMILES string of the molecule is CCCC[C@@H](N)C(C)=O. The van der Waals surface area contributed by atoms with Crippen molar-refractivity contribution in [3.8, 4) is 0 Å². The Morgan fingerprint density at radius 2 is 2.22 bits per heavy atom. The number of hydrogen-bond donors (Lipinski definition) is 1. The normalized spacial score (nSPS) is 13.2. The van der Waals surface area contributed by atoms with E-state index in [2.05, 4.69) is 6.92 Å². The van der Waals surface area contributed by atoms with E-state index in [1.165, 1.54) is 0 Å². The molecule has 2 nitrogen and oxygen atoms in total. The van der Waals surface area contributed by atoms with Gasteiger partial charge in [0.25, 0.3) is 0 Å². The number of nitrogens with two attached hydrogens (primary N) is 1. The van der Waals surface area contributed by atoms with Crippen molar-refractivity contribution < 1.29 is 4.79 Å². The minimum Gasteiger partial charge on any atom is -0.322 e. The lowest BCUT2D eigenvalue weighted by Crippen LogP contribution is -2.27. The number of unbranched alkanes of at least 4 members (excludes halogenated alkanes) is 1. The van der Waals surface area contributed by atoms with Crippen molar-refractivity contribution in [2.24, 2.45) is 5.73 Å². The van der Waals surface area contributed by atoms with Crippen molar-refractivity contribution in [2.45, 2.75) is 39.2 Å². The van der Waals surface area contributed by atoms with Gasteiger partial charge in [-0.15, -0.1) is 0 Å². The fraction of sp³-hybridized carbons (Fsp3) is 0.857. The Balaban J connectivity index is 3.27. The van der Waals surface area contributed by atoms with Crippen molar-refractivity contribution in [2.75, 3.05) is 0 Å². The van der Waals surface area contributed by atoms with Gasteiger partial charge >= 0.3 is 0 Å². The van der Waals surface area contributed by atoms with Crippen molar-refractivity contribution in [1.29, 1.82) is 0 Å². The summed E-state index contributed by atoms with van der Waals surface area (Å²) in [5.74, 6) is 0.100. The molecule has 0 unspecified atom stereocenters. The van der Waals surface area contributed by atoms with Gasteiger partial charge in [0.05, 0.1) is 6.04 Å². The Morgan fingerprint density at radius 3 is 2.56 bits per heavy atom. The zero-order valence-electron chi connectivity index (χ0n) is 6.18. The van der Waals surface area contributed by atoms with Crippen LogP contribution in [-0.4, -0.2) is 11.8 Å². The third-order valence-corrected chi connectivity index (χ3v) is 1.39. The van der Waals surface area contributed by atoms with Crippen LogP contribution < -0.4 is 5.73 Å². The van der Waals surface area contributed by atoms with Crippen LogP contribution >= 0.6 is 0 Å². The molecule has 0 heterocycles. The Labute approximate surface area is 56.4 Å². The minimum atomic E-state index is -0.218. The zero-order chi connectivity index (χ0) is 7.28. The molecule has 0 amide bonds. The molecular formula is C7H15NO. The van der Waals surface area contributed by atoms with Gasteiger partial charge < -0.3 is 5.73 Å². The van der Waals surface area contributed by atoms with Gasteiger partial charge in [0.15, 0.2) is 0 Å². The highest BCUT2D eigenvalue weighted by Gasteiger charge is 2.05. The lowest BCUT2D eigenvalue weighted by Gasteiger charge is -2.04. The van der Waals surface area contributed by atoms with Crippen LogP contribution in [0, 0.1) is 0 Å². The Bertz CT molecular complexity index is 90.9. The Kier molecular flexibility index (Phi) is 4.32.